The zero-order valence-corrected chi connectivity index (χ0v) is 11.9. The quantitative estimate of drug-likeness (QED) is 0.897. The van der Waals surface area contributed by atoms with E-state index in [9.17, 15) is 4.79 Å². The molecule has 1 N–H and O–H groups in total. The first kappa shape index (κ1) is 14.1. The maximum atomic E-state index is 12.6. The van der Waals surface area contributed by atoms with Crippen LogP contribution in [-0.2, 0) is 11.2 Å². The minimum atomic E-state index is 0.0977. The second-order valence-corrected chi connectivity index (χ2v) is 5.62. The fourth-order valence-corrected chi connectivity index (χ4v) is 2.60. The number of hydrogen-bond acceptors (Lipinski definition) is 2. The van der Waals surface area contributed by atoms with Crippen LogP contribution in [0.15, 0.2) is 30.3 Å². The monoisotopic (exact) mass is 260 g/mol. The highest BCUT2D eigenvalue weighted by Gasteiger charge is 2.27. The Bertz CT molecular complexity index is 396. The standard InChI is InChI=1S/C16H24N2O/c1-13(2)15(12-14-6-4-3-5-7-14)16(19)18-10-8-17-9-11-18/h3-7,13,15,17H,8-12H2,1-2H3. The predicted molar refractivity (Wildman–Crippen MR) is 77.9 cm³/mol. The van der Waals surface area contributed by atoms with Gasteiger partial charge in [0, 0.05) is 32.1 Å². The Kier molecular flexibility index (Phi) is 4.97. The van der Waals surface area contributed by atoms with E-state index in [-0.39, 0.29) is 5.92 Å². The van der Waals surface area contributed by atoms with Gasteiger partial charge < -0.3 is 10.2 Å². The lowest BCUT2D eigenvalue weighted by Crippen LogP contribution is -2.49. The molecule has 1 amide bonds. The van der Waals surface area contributed by atoms with Gasteiger partial charge in [0.2, 0.25) is 5.91 Å². The molecule has 0 aromatic heterocycles. The van der Waals surface area contributed by atoms with Crippen molar-refractivity contribution in [3.05, 3.63) is 35.9 Å². The Morgan fingerprint density at radius 2 is 1.84 bits per heavy atom. The van der Waals surface area contributed by atoms with Gasteiger partial charge in [0.1, 0.15) is 0 Å². The number of amides is 1. The molecular weight excluding hydrogens is 236 g/mol. The molecule has 0 bridgehead atoms. The molecule has 1 heterocycles. The maximum Gasteiger partial charge on any atom is 0.226 e. The number of carbonyl (C=O) groups excluding carboxylic acids is 1. The summed E-state index contributed by atoms with van der Waals surface area (Å²) in [6.45, 7) is 7.82. The van der Waals surface area contributed by atoms with Gasteiger partial charge in [0.25, 0.3) is 0 Å². The molecule has 0 saturated carbocycles. The van der Waals surface area contributed by atoms with Crippen molar-refractivity contribution >= 4 is 5.91 Å². The van der Waals surface area contributed by atoms with Crippen LogP contribution < -0.4 is 5.32 Å². The maximum absolute atomic E-state index is 12.6. The minimum Gasteiger partial charge on any atom is -0.340 e. The van der Waals surface area contributed by atoms with E-state index in [1.54, 1.807) is 0 Å². The highest BCUT2D eigenvalue weighted by molar-refractivity contribution is 5.79. The molecule has 2 rings (SSSR count). The van der Waals surface area contributed by atoms with Gasteiger partial charge >= 0.3 is 0 Å². The van der Waals surface area contributed by atoms with Crippen LogP contribution in [0.5, 0.6) is 0 Å². The number of piperazine rings is 1. The number of rotatable bonds is 4. The van der Waals surface area contributed by atoms with Crippen LogP contribution in [0.4, 0.5) is 0 Å². The lowest BCUT2D eigenvalue weighted by Gasteiger charge is -2.32. The van der Waals surface area contributed by atoms with Crippen molar-refractivity contribution in [3.63, 3.8) is 0 Å². The van der Waals surface area contributed by atoms with Crippen LogP contribution in [0.1, 0.15) is 19.4 Å². The zero-order valence-electron chi connectivity index (χ0n) is 11.9. The van der Waals surface area contributed by atoms with E-state index in [2.05, 4.69) is 31.3 Å². The molecule has 1 saturated heterocycles. The molecular formula is C16H24N2O. The van der Waals surface area contributed by atoms with Gasteiger partial charge in [-0.25, -0.2) is 0 Å². The summed E-state index contributed by atoms with van der Waals surface area (Å²) < 4.78 is 0. The van der Waals surface area contributed by atoms with Crippen LogP contribution in [-0.4, -0.2) is 37.0 Å². The van der Waals surface area contributed by atoms with Crippen molar-refractivity contribution in [2.75, 3.05) is 26.2 Å². The van der Waals surface area contributed by atoms with Crippen molar-refractivity contribution in [3.8, 4) is 0 Å². The van der Waals surface area contributed by atoms with E-state index in [1.807, 2.05) is 23.1 Å². The first-order valence-corrected chi connectivity index (χ1v) is 7.22. The number of hydrogen-bond donors (Lipinski definition) is 1. The Labute approximate surface area is 116 Å². The van der Waals surface area contributed by atoms with Crippen LogP contribution in [0.25, 0.3) is 0 Å². The third kappa shape index (κ3) is 3.80. The number of nitrogens with zero attached hydrogens (tertiary/aromatic N) is 1. The summed E-state index contributed by atoms with van der Waals surface area (Å²) in [7, 11) is 0. The summed E-state index contributed by atoms with van der Waals surface area (Å²) in [6, 6.07) is 10.3. The summed E-state index contributed by atoms with van der Waals surface area (Å²) in [4.78, 5) is 14.7. The smallest absolute Gasteiger partial charge is 0.226 e. The van der Waals surface area contributed by atoms with Crippen molar-refractivity contribution in [2.24, 2.45) is 11.8 Å². The summed E-state index contributed by atoms with van der Waals surface area (Å²) in [6.07, 6.45) is 0.848. The van der Waals surface area contributed by atoms with Crippen LogP contribution in [0.3, 0.4) is 0 Å². The number of carbonyl (C=O) groups is 1. The van der Waals surface area contributed by atoms with Crippen molar-refractivity contribution in [2.45, 2.75) is 20.3 Å². The fraction of sp³-hybridized carbons (Fsp3) is 0.562. The molecule has 1 fully saturated rings. The molecule has 0 radical (unpaired) electrons. The van der Waals surface area contributed by atoms with Gasteiger partial charge in [-0.3, -0.25) is 4.79 Å². The molecule has 19 heavy (non-hydrogen) atoms. The van der Waals surface area contributed by atoms with Crippen LogP contribution in [0.2, 0.25) is 0 Å². The molecule has 3 heteroatoms. The van der Waals surface area contributed by atoms with Gasteiger partial charge in [-0.05, 0) is 17.9 Å². The second kappa shape index (κ2) is 6.71. The van der Waals surface area contributed by atoms with Crippen molar-refractivity contribution < 1.29 is 4.79 Å². The minimum absolute atomic E-state index is 0.0977. The Balaban J connectivity index is 2.04. The lowest BCUT2D eigenvalue weighted by molar-refractivity contribution is -0.137. The van der Waals surface area contributed by atoms with E-state index in [4.69, 9.17) is 0 Å². The number of benzene rings is 1. The van der Waals surface area contributed by atoms with Gasteiger partial charge in [-0.2, -0.15) is 0 Å². The van der Waals surface area contributed by atoms with Crippen LogP contribution in [0, 0.1) is 11.8 Å². The van der Waals surface area contributed by atoms with E-state index >= 15 is 0 Å². The Morgan fingerprint density at radius 1 is 1.21 bits per heavy atom. The molecule has 1 atom stereocenters. The first-order valence-electron chi connectivity index (χ1n) is 7.22. The molecule has 1 aromatic carbocycles. The molecule has 1 aliphatic heterocycles. The zero-order chi connectivity index (χ0) is 13.7. The largest absolute Gasteiger partial charge is 0.340 e. The molecule has 1 unspecified atom stereocenters. The number of nitrogens with one attached hydrogen (secondary N) is 1. The molecule has 0 aliphatic carbocycles. The summed E-state index contributed by atoms with van der Waals surface area (Å²) in [5, 5.41) is 3.29. The van der Waals surface area contributed by atoms with E-state index in [1.165, 1.54) is 5.56 Å². The molecule has 104 valence electrons. The summed E-state index contributed by atoms with van der Waals surface area (Å²) in [5.41, 5.74) is 1.25. The molecule has 1 aliphatic rings. The molecule has 0 spiro atoms. The van der Waals surface area contributed by atoms with Gasteiger partial charge in [0.15, 0.2) is 0 Å². The van der Waals surface area contributed by atoms with Gasteiger partial charge in [0.05, 0.1) is 0 Å². The average Bonchev–Trinajstić information content (AvgIpc) is 2.46. The van der Waals surface area contributed by atoms with Crippen molar-refractivity contribution in [1.29, 1.82) is 0 Å². The SMILES string of the molecule is CC(C)C(Cc1ccccc1)C(=O)N1CCNCC1. The van der Waals surface area contributed by atoms with Gasteiger partial charge in [-0.15, -0.1) is 0 Å². The van der Waals surface area contributed by atoms with E-state index in [0.29, 0.717) is 11.8 Å². The Morgan fingerprint density at radius 3 is 2.42 bits per heavy atom. The van der Waals surface area contributed by atoms with Crippen molar-refractivity contribution in [1.82, 2.24) is 10.2 Å². The van der Waals surface area contributed by atoms with E-state index in [0.717, 1.165) is 32.6 Å². The highest BCUT2D eigenvalue weighted by Crippen LogP contribution is 2.20. The highest BCUT2D eigenvalue weighted by atomic mass is 16.2. The Hall–Kier alpha value is -1.35. The molecule has 3 nitrogen and oxygen atoms in total. The molecule has 1 aromatic rings. The van der Waals surface area contributed by atoms with Crippen LogP contribution >= 0.6 is 0 Å². The van der Waals surface area contributed by atoms with E-state index < -0.39 is 0 Å². The van der Waals surface area contributed by atoms with Gasteiger partial charge in [-0.1, -0.05) is 44.2 Å². The fourth-order valence-electron chi connectivity index (χ4n) is 2.60. The normalized spacial score (nSPS) is 17.5. The third-order valence-corrected chi connectivity index (χ3v) is 3.85. The summed E-state index contributed by atoms with van der Waals surface area (Å²) >= 11 is 0. The topological polar surface area (TPSA) is 32.3 Å². The predicted octanol–water partition coefficient (Wildman–Crippen LogP) is 1.93. The lowest BCUT2D eigenvalue weighted by atomic mass is 9.88. The second-order valence-electron chi connectivity index (χ2n) is 5.62. The third-order valence-electron chi connectivity index (χ3n) is 3.85. The summed E-state index contributed by atoms with van der Waals surface area (Å²) in [5.74, 6) is 0.795. The first-order chi connectivity index (χ1) is 9.18. The average molecular weight is 260 g/mol.